The maximum Gasteiger partial charge on any atom is 0.122 e. The number of nitrogens with one attached hydrogen (secondary N) is 1. The lowest BCUT2D eigenvalue weighted by atomic mass is 10.1. The molecule has 0 saturated carbocycles. The zero-order valence-electron chi connectivity index (χ0n) is 12.6. The van der Waals surface area contributed by atoms with Gasteiger partial charge in [-0.15, -0.1) is 0 Å². The van der Waals surface area contributed by atoms with Crippen molar-refractivity contribution >= 4 is 0 Å². The van der Waals surface area contributed by atoms with Crippen LogP contribution in [-0.4, -0.2) is 28.0 Å². The van der Waals surface area contributed by atoms with Gasteiger partial charge in [-0.2, -0.15) is 0 Å². The number of nitrogens with zero attached hydrogens (tertiary/aromatic N) is 3. The van der Waals surface area contributed by atoms with Crippen LogP contribution in [0.25, 0.3) is 0 Å². The molecule has 0 bridgehead atoms. The van der Waals surface area contributed by atoms with Gasteiger partial charge in [0.2, 0.25) is 0 Å². The Hall–Kier alpha value is -1.65. The Bertz CT molecular complexity index is 533. The van der Waals surface area contributed by atoms with Crippen LogP contribution in [-0.2, 0) is 26.7 Å². The third-order valence-electron chi connectivity index (χ3n) is 3.36. The largest absolute Gasteiger partial charge is 0.337 e. The standard InChI is InChI=1S/C16H24N4/c1-4-17-11-14-6-5-7-15(10-14)12-19(2)13-16-18-8-9-20(16)3/h5-10,17H,4,11-13H2,1-3H3. The van der Waals surface area contributed by atoms with E-state index in [4.69, 9.17) is 0 Å². The van der Waals surface area contributed by atoms with Crippen LogP contribution < -0.4 is 5.32 Å². The van der Waals surface area contributed by atoms with Crippen molar-refractivity contribution in [1.29, 1.82) is 0 Å². The smallest absolute Gasteiger partial charge is 0.122 e. The normalized spacial score (nSPS) is 11.2. The van der Waals surface area contributed by atoms with E-state index in [1.54, 1.807) is 0 Å². The topological polar surface area (TPSA) is 33.1 Å². The summed E-state index contributed by atoms with van der Waals surface area (Å²) < 4.78 is 2.07. The Morgan fingerprint density at radius 3 is 2.75 bits per heavy atom. The van der Waals surface area contributed by atoms with Gasteiger partial charge in [-0.05, 0) is 24.7 Å². The van der Waals surface area contributed by atoms with Crippen molar-refractivity contribution in [3.8, 4) is 0 Å². The molecule has 0 aliphatic carbocycles. The molecular formula is C16H24N4. The van der Waals surface area contributed by atoms with Gasteiger partial charge in [0.1, 0.15) is 5.82 Å². The lowest BCUT2D eigenvalue weighted by Gasteiger charge is -2.17. The van der Waals surface area contributed by atoms with Gasteiger partial charge < -0.3 is 9.88 Å². The highest BCUT2D eigenvalue weighted by Crippen LogP contribution is 2.09. The summed E-state index contributed by atoms with van der Waals surface area (Å²) in [6.45, 7) is 5.87. The van der Waals surface area contributed by atoms with E-state index in [2.05, 4.69) is 58.0 Å². The van der Waals surface area contributed by atoms with Gasteiger partial charge in [-0.25, -0.2) is 4.98 Å². The molecule has 0 spiro atoms. The van der Waals surface area contributed by atoms with Crippen molar-refractivity contribution in [2.24, 2.45) is 7.05 Å². The third kappa shape index (κ3) is 4.18. The molecule has 0 fully saturated rings. The van der Waals surface area contributed by atoms with Crippen LogP contribution >= 0.6 is 0 Å². The summed E-state index contributed by atoms with van der Waals surface area (Å²) in [5.74, 6) is 1.09. The number of aromatic nitrogens is 2. The van der Waals surface area contributed by atoms with Crippen molar-refractivity contribution in [2.75, 3.05) is 13.6 Å². The molecule has 1 heterocycles. The Morgan fingerprint density at radius 1 is 1.25 bits per heavy atom. The number of aryl methyl sites for hydroxylation is 1. The van der Waals surface area contributed by atoms with Crippen LogP contribution in [0.2, 0.25) is 0 Å². The first-order valence-electron chi connectivity index (χ1n) is 7.12. The Labute approximate surface area is 121 Å². The van der Waals surface area contributed by atoms with E-state index >= 15 is 0 Å². The number of imidazole rings is 1. The van der Waals surface area contributed by atoms with Crippen LogP contribution in [0.4, 0.5) is 0 Å². The lowest BCUT2D eigenvalue weighted by Crippen LogP contribution is -2.19. The van der Waals surface area contributed by atoms with Crippen LogP contribution in [0.15, 0.2) is 36.7 Å². The van der Waals surface area contributed by atoms with Gasteiger partial charge in [0.25, 0.3) is 0 Å². The number of rotatable bonds is 7. The molecule has 0 saturated heterocycles. The first-order chi connectivity index (χ1) is 9.69. The van der Waals surface area contributed by atoms with Crippen LogP contribution in [0, 0.1) is 0 Å². The molecule has 2 rings (SSSR count). The Kier molecular flexibility index (Phi) is 5.32. The fourth-order valence-electron chi connectivity index (χ4n) is 2.27. The zero-order chi connectivity index (χ0) is 14.4. The predicted molar refractivity (Wildman–Crippen MR) is 82.2 cm³/mol. The molecule has 20 heavy (non-hydrogen) atoms. The summed E-state index contributed by atoms with van der Waals surface area (Å²) >= 11 is 0. The van der Waals surface area contributed by atoms with Crippen molar-refractivity contribution in [2.45, 2.75) is 26.6 Å². The molecule has 1 aromatic heterocycles. The fourth-order valence-corrected chi connectivity index (χ4v) is 2.27. The molecule has 0 aliphatic rings. The van der Waals surface area contributed by atoms with Crippen LogP contribution in [0.1, 0.15) is 23.9 Å². The van der Waals surface area contributed by atoms with E-state index in [1.165, 1.54) is 11.1 Å². The maximum atomic E-state index is 4.37. The summed E-state index contributed by atoms with van der Waals surface area (Å²) in [6.07, 6.45) is 3.83. The number of hydrogen-bond donors (Lipinski definition) is 1. The highest BCUT2D eigenvalue weighted by molar-refractivity contribution is 5.23. The summed E-state index contributed by atoms with van der Waals surface area (Å²) in [7, 11) is 4.17. The molecule has 0 amide bonds. The molecule has 0 radical (unpaired) electrons. The maximum absolute atomic E-state index is 4.37. The van der Waals surface area contributed by atoms with Gasteiger partial charge in [0, 0.05) is 32.5 Å². The quantitative estimate of drug-likeness (QED) is 0.838. The van der Waals surface area contributed by atoms with E-state index in [0.717, 1.165) is 32.0 Å². The highest BCUT2D eigenvalue weighted by Gasteiger charge is 2.05. The molecule has 1 N–H and O–H groups in total. The van der Waals surface area contributed by atoms with E-state index in [1.807, 2.05) is 19.4 Å². The molecule has 2 aromatic rings. The SMILES string of the molecule is CCNCc1cccc(CN(C)Cc2nccn2C)c1. The lowest BCUT2D eigenvalue weighted by molar-refractivity contribution is 0.307. The van der Waals surface area contributed by atoms with Crippen LogP contribution in [0.5, 0.6) is 0 Å². The molecule has 0 aliphatic heterocycles. The minimum atomic E-state index is 0.862. The summed E-state index contributed by atoms with van der Waals surface area (Å²) in [5.41, 5.74) is 2.69. The molecule has 108 valence electrons. The van der Waals surface area contributed by atoms with Gasteiger partial charge in [0.05, 0.1) is 6.54 Å². The van der Waals surface area contributed by atoms with Gasteiger partial charge in [0.15, 0.2) is 0 Å². The number of benzene rings is 1. The van der Waals surface area contributed by atoms with Crippen molar-refractivity contribution in [3.05, 3.63) is 53.6 Å². The first-order valence-corrected chi connectivity index (χ1v) is 7.12. The van der Waals surface area contributed by atoms with E-state index in [-0.39, 0.29) is 0 Å². The predicted octanol–water partition coefficient (Wildman–Crippen LogP) is 2.16. The second-order valence-electron chi connectivity index (χ2n) is 5.23. The summed E-state index contributed by atoms with van der Waals surface area (Å²) in [6, 6.07) is 8.77. The molecular weight excluding hydrogens is 248 g/mol. The summed E-state index contributed by atoms with van der Waals surface area (Å²) in [4.78, 5) is 6.65. The monoisotopic (exact) mass is 272 g/mol. The fraction of sp³-hybridized carbons (Fsp3) is 0.438. The molecule has 0 unspecified atom stereocenters. The first kappa shape index (κ1) is 14.8. The minimum absolute atomic E-state index is 0.862. The van der Waals surface area contributed by atoms with Crippen LogP contribution in [0.3, 0.4) is 0 Å². The van der Waals surface area contributed by atoms with E-state index in [0.29, 0.717) is 0 Å². The Balaban J connectivity index is 1.93. The molecule has 1 aromatic carbocycles. The average Bonchev–Trinajstić information content (AvgIpc) is 2.82. The van der Waals surface area contributed by atoms with Crippen molar-refractivity contribution in [3.63, 3.8) is 0 Å². The highest BCUT2D eigenvalue weighted by atomic mass is 15.1. The van der Waals surface area contributed by atoms with Gasteiger partial charge in [-0.3, -0.25) is 4.90 Å². The van der Waals surface area contributed by atoms with Crippen molar-refractivity contribution in [1.82, 2.24) is 19.8 Å². The van der Waals surface area contributed by atoms with E-state index < -0.39 is 0 Å². The number of hydrogen-bond acceptors (Lipinski definition) is 3. The van der Waals surface area contributed by atoms with Crippen molar-refractivity contribution < 1.29 is 0 Å². The minimum Gasteiger partial charge on any atom is -0.337 e. The van der Waals surface area contributed by atoms with E-state index in [9.17, 15) is 0 Å². The zero-order valence-corrected chi connectivity index (χ0v) is 12.6. The second-order valence-corrected chi connectivity index (χ2v) is 5.23. The molecule has 4 heteroatoms. The molecule has 0 atom stereocenters. The van der Waals surface area contributed by atoms with Gasteiger partial charge in [-0.1, -0.05) is 31.2 Å². The molecule has 4 nitrogen and oxygen atoms in total. The second kappa shape index (κ2) is 7.22. The Morgan fingerprint density at radius 2 is 2.05 bits per heavy atom. The summed E-state index contributed by atoms with van der Waals surface area (Å²) in [5, 5.41) is 3.36. The third-order valence-corrected chi connectivity index (χ3v) is 3.36. The average molecular weight is 272 g/mol. The van der Waals surface area contributed by atoms with Gasteiger partial charge >= 0.3 is 0 Å².